The topological polar surface area (TPSA) is 46.2 Å². The molecule has 34 heavy (non-hydrogen) atoms. The summed E-state index contributed by atoms with van der Waals surface area (Å²) in [4.78, 5) is 0. The second-order valence-corrected chi connectivity index (χ2v) is 29.7. The normalized spacial score (nSPS) is 19.3. The van der Waals surface area contributed by atoms with Crippen molar-refractivity contribution >= 4 is 52.6 Å². The highest BCUT2D eigenvalue weighted by Gasteiger charge is 2.73. The van der Waals surface area contributed by atoms with Gasteiger partial charge in [-0.1, -0.05) is 60.7 Å². The zero-order valence-electron chi connectivity index (χ0n) is 22.0. The standard InChI is InChI=1S/C23H42O5Si6/c1-29(2)25-33(26-30(3)4)20-19-23(21-15-11-9-12-16-21,22-17-13-10-14-18-22)24-34(33,27-31(5)6)28-32(7)8/h9-18,29-32H,19-20H2,1-8H3. The maximum Gasteiger partial charge on any atom is 0.517 e. The SMILES string of the molecule is C[SiH](C)O[Si]1(O[SiH](C)C)CCC(c2ccccc2)(c2ccccc2)O[Si]1(O[SiH](C)C)O[SiH](C)C. The van der Waals surface area contributed by atoms with Crippen LogP contribution in [-0.2, 0) is 26.5 Å². The molecule has 0 unspecified atom stereocenters. The van der Waals surface area contributed by atoms with E-state index in [9.17, 15) is 0 Å². The van der Waals surface area contributed by atoms with Crippen LogP contribution >= 0.6 is 0 Å². The Balaban J connectivity index is 2.28. The fraction of sp³-hybridized carbons (Fsp3) is 0.478. The molecule has 0 spiro atoms. The monoisotopic (exact) mass is 566 g/mol. The van der Waals surface area contributed by atoms with Gasteiger partial charge in [-0.25, -0.2) is 0 Å². The van der Waals surface area contributed by atoms with Crippen molar-refractivity contribution in [2.45, 2.75) is 70.4 Å². The van der Waals surface area contributed by atoms with E-state index in [4.69, 9.17) is 20.9 Å². The smallest absolute Gasteiger partial charge is 0.437 e. The highest BCUT2D eigenvalue weighted by Crippen LogP contribution is 2.50. The zero-order valence-corrected chi connectivity index (χ0v) is 28.7. The molecule has 1 aliphatic heterocycles. The van der Waals surface area contributed by atoms with Gasteiger partial charge in [-0.2, -0.15) is 0 Å². The van der Waals surface area contributed by atoms with Crippen LogP contribution < -0.4 is 0 Å². The molecule has 0 bridgehead atoms. The van der Waals surface area contributed by atoms with E-state index in [2.05, 4.69) is 113 Å². The second kappa shape index (κ2) is 11.7. The third-order valence-corrected chi connectivity index (χ3v) is 29.3. The predicted octanol–water partition coefficient (Wildman–Crippen LogP) is 4.81. The summed E-state index contributed by atoms with van der Waals surface area (Å²) in [6.07, 6.45) is 0.802. The van der Waals surface area contributed by atoms with Gasteiger partial charge in [0.25, 0.3) is 0 Å². The van der Waals surface area contributed by atoms with Gasteiger partial charge < -0.3 is 20.9 Å². The molecule has 2 aromatic rings. The maximum absolute atomic E-state index is 7.49. The molecule has 0 radical (unpaired) electrons. The summed E-state index contributed by atoms with van der Waals surface area (Å²) in [5.41, 5.74) is 1.65. The molecule has 0 atom stereocenters. The van der Waals surface area contributed by atoms with Crippen LogP contribution in [0.5, 0.6) is 0 Å². The minimum Gasteiger partial charge on any atom is -0.437 e. The van der Waals surface area contributed by atoms with Crippen LogP contribution in [0.3, 0.4) is 0 Å². The van der Waals surface area contributed by atoms with Crippen molar-refractivity contribution in [1.29, 1.82) is 0 Å². The molecule has 0 aliphatic carbocycles. The quantitative estimate of drug-likeness (QED) is 0.386. The summed E-state index contributed by atoms with van der Waals surface area (Å²) < 4.78 is 35.5. The first kappa shape index (κ1) is 28.1. The molecule has 1 saturated heterocycles. The highest BCUT2D eigenvalue weighted by molar-refractivity contribution is 7.33. The largest absolute Gasteiger partial charge is 0.517 e. The number of hydrogen-bond acceptors (Lipinski definition) is 5. The molecule has 5 nitrogen and oxygen atoms in total. The third-order valence-electron chi connectivity index (χ3n) is 5.70. The van der Waals surface area contributed by atoms with Crippen molar-refractivity contribution in [2.75, 3.05) is 0 Å². The van der Waals surface area contributed by atoms with Gasteiger partial charge >= 0.3 is 16.4 Å². The van der Waals surface area contributed by atoms with E-state index in [0.29, 0.717) is 0 Å². The number of benzene rings is 2. The average molecular weight is 567 g/mol. The molecular weight excluding hydrogens is 525 g/mol. The summed E-state index contributed by atoms with van der Waals surface area (Å²) in [5, 5.41) is 0. The van der Waals surface area contributed by atoms with Gasteiger partial charge in [0, 0.05) is 0 Å². The van der Waals surface area contributed by atoms with E-state index in [1.165, 1.54) is 0 Å². The first-order valence-electron chi connectivity index (χ1n) is 12.6. The second-order valence-electron chi connectivity index (χ2n) is 10.1. The zero-order chi connectivity index (χ0) is 25.0. The van der Waals surface area contributed by atoms with Crippen molar-refractivity contribution in [3.8, 4) is 0 Å². The lowest BCUT2D eigenvalue weighted by Gasteiger charge is -2.55. The minimum absolute atomic E-state index is 0.637. The molecular formula is C23H42O5Si6. The van der Waals surface area contributed by atoms with E-state index in [1.54, 1.807) is 0 Å². The van der Waals surface area contributed by atoms with Gasteiger partial charge in [-0.05, 0) is 76.0 Å². The van der Waals surface area contributed by atoms with Gasteiger partial charge in [-0.15, -0.1) is 0 Å². The van der Waals surface area contributed by atoms with Crippen molar-refractivity contribution in [1.82, 2.24) is 0 Å². The molecule has 1 heterocycles. The number of rotatable bonds is 10. The Morgan fingerprint density at radius 2 is 1.00 bits per heavy atom. The Morgan fingerprint density at radius 3 is 1.35 bits per heavy atom. The van der Waals surface area contributed by atoms with Crippen LogP contribution in [0.2, 0.25) is 58.4 Å². The lowest BCUT2D eigenvalue weighted by atomic mass is 9.84. The lowest BCUT2D eigenvalue weighted by Crippen LogP contribution is -2.79. The molecule has 1 fully saturated rings. The van der Waals surface area contributed by atoms with E-state index in [-0.39, 0.29) is 0 Å². The van der Waals surface area contributed by atoms with E-state index >= 15 is 0 Å². The summed E-state index contributed by atoms with van der Waals surface area (Å²) in [6.45, 7) is 17.8. The average Bonchev–Trinajstić information content (AvgIpc) is 2.75. The van der Waals surface area contributed by atoms with Gasteiger partial charge in [0.2, 0.25) is 0 Å². The molecule has 2 aromatic carbocycles. The van der Waals surface area contributed by atoms with E-state index in [0.717, 1.165) is 23.6 Å². The van der Waals surface area contributed by atoms with Crippen molar-refractivity contribution in [2.24, 2.45) is 0 Å². The Hall–Kier alpha value is -0.459. The molecule has 11 heteroatoms. The first-order valence-corrected chi connectivity index (χ1v) is 28.4. The van der Waals surface area contributed by atoms with Crippen molar-refractivity contribution in [3.05, 3.63) is 71.8 Å². The lowest BCUT2D eigenvalue weighted by molar-refractivity contribution is 0.0244. The summed E-state index contributed by atoms with van der Waals surface area (Å²) >= 11 is 0. The molecule has 3 rings (SSSR count). The van der Waals surface area contributed by atoms with Crippen LogP contribution in [0.25, 0.3) is 0 Å². The Labute approximate surface area is 215 Å². The van der Waals surface area contributed by atoms with E-state index in [1.807, 2.05) is 0 Å². The summed E-state index contributed by atoms with van der Waals surface area (Å²) in [7, 11) is -12.2. The van der Waals surface area contributed by atoms with Crippen LogP contribution in [0.1, 0.15) is 17.5 Å². The molecule has 1 aliphatic rings. The van der Waals surface area contributed by atoms with Gasteiger partial charge in [-0.3, -0.25) is 0 Å². The third kappa shape index (κ3) is 6.08. The van der Waals surface area contributed by atoms with Gasteiger partial charge in [0.1, 0.15) is 5.60 Å². The van der Waals surface area contributed by atoms with Crippen LogP contribution in [0.4, 0.5) is 0 Å². The van der Waals surface area contributed by atoms with E-state index < -0.39 is 58.2 Å². The molecule has 0 amide bonds. The van der Waals surface area contributed by atoms with Crippen LogP contribution in [-0.4, -0.2) is 52.6 Å². The fourth-order valence-corrected chi connectivity index (χ4v) is 39.7. The molecule has 0 saturated carbocycles. The van der Waals surface area contributed by atoms with Crippen molar-refractivity contribution < 1.29 is 20.9 Å². The fourth-order valence-electron chi connectivity index (χ4n) is 4.77. The predicted molar refractivity (Wildman–Crippen MR) is 156 cm³/mol. The van der Waals surface area contributed by atoms with Gasteiger partial charge in [0.15, 0.2) is 36.2 Å². The van der Waals surface area contributed by atoms with Crippen LogP contribution in [0.15, 0.2) is 60.7 Å². The Bertz CT molecular complexity index is 838. The van der Waals surface area contributed by atoms with Crippen LogP contribution in [0, 0.1) is 0 Å². The first-order chi connectivity index (χ1) is 16.0. The summed E-state index contributed by atoms with van der Waals surface area (Å²) in [5.74, 6) is 0. The maximum atomic E-state index is 7.49. The highest BCUT2D eigenvalue weighted by atomic mass is 29.3. The number of hydrogen-bond donors (Lipinski definition) is 0. The summed E-state index contributed by atoms with van der Waals surface area (Å²) in [6, 6.07) is 22.0. The molecule has 0 N–H and O–H groups in total. The van der Waals surface area contributed by atoms with Crippen molar-refractivity contribution in [3.63, 3.8) is 0 Å². The minimum atomic E-state index is -3.33. The van der Waals surface area contributed by atoms with Gasteiger partial charge in [0.05, 0.1) is 0 Å². The Morgan fingerprint density at radius 1 is 0.618 bits per heavy atom. The Kier molecular flexibility index (Phi) is 9.70. The molecule has 0 aromatic heterocycles. The molecule has 188 valence electrons.